The number of carboxylic acid groups (broad SMARTS) is 1. The van der Waals surface area contributed by atoms with Crippen molar-refractivity contribution in [1.82, 2.24) is 4.98 Å². The van der Waals surface area contributed by atoms with E-state index in [9.17, 15) is 14.3 Å². The lowest BCUT2D eigenvalue weighted by Crippen LogP contribution is -2.13. The molecule has 0 bridgehead atoms. The van der Waals surface area contributed by atoms with Crippen LogP contribution in [0.2, 0.25) is 10.3 Å². The quantitative estimate of drug-likeness (QED) is 0.381. The Kier molecular flexibility index (Phi) is 5.31. The molecule has 0 amide bonds. The SMILES string of the molecule is CC(C)(C)N=C/C(C(=O)O)=C(/O)c1cc(F)c(Cl)nc1Cl. The highest BCUT2D eigenvalue weighted by atomic mass is 35.5. The summed E-state index contributed by atoms with van der Waals surface area (Å²) in [7, 11) is 0. The van der Waals surface area contributed by atoms with Gasteiger partial charge in [-0.1, -0.05) is 23.2 Å². The van der Waals surface area contributed by atoms with E-state index in [0.717, 1.165) is 12.3 Å². The maximum Gasteiger partial charge on any atom is 0.341 e. The Morgan fingerprint density at radius 2 is 1.90 bits per heavy atom. The molecule has 0 saturated carbocycles. The van der Waals surface area contributed by atoms with Crippen LogP contribution in [0.4, 0.5) is 4.39 Å². The van der Waals surface area contributed by atoms with E-state index in [1.54, 1.807) is 20.8 Å². The average Bonchev–Trinajstić information content (AvgIpc) is 2.31. The molecule has 0 aliphatic carbocycles. The van der Waals surface area contributed by atoms with Crippen molar-refractivity contribution in [2.24, 2.45) is 4.99 Å². The van der Waals surface area contributed by atoms with E-state index in [1.807, 2.05) is 0 Å². The third-order valence-electron chi connectivity index (χ3n) is 2.21. The number of halogens is 3. The Hall–Kier alpha value is -1.66. The molecule has 1 aromatic rings. The summed E-state index contributed by atoms with van der Waals surface area (Å²) in [4.78, 5) is 18.7. The standard InChI is InChI=1S/C13H13Cl2FN2O3/c1-13(2,3)17-5-7(12(20)21)9(19)6-4-8(16)11(15)18-10(6)14/h4-5,19H,1-3H3,(H,20,21)/b9-7-,17-5?. The van der Waals surface area contributed by atoms with Gasteiger partial charge < -0.3 is 10.2 Å². The summed E-state index contributed by atoms with van der Waals surface area (Å²) in [6, 6.07) is 0.806. The van der Waals surface area contributed by atoms with Crippen molar-refractivity contribution in [2.45, 2.75) is 26.3 Å². The monoisotopic (exact) mass is 334 g/mol. The van der Waals surface area contributed by atoms with Crippen LogP contribution >= 0.6 is 23.2 Å². The molecule has 114 valence electrons. The second-order valence-electron chi connectivity index (χ2n) is 5.10. The first-order chi connectivity index (χ1) is 9.53. The highest BCUT2D eigenvalue weighted by molar-refractivity contribution is 6.33. The molecule has 8 heteroatoms. The van der Waals surface area contributed by atoms with Gasteiger partial charge in [-0.3, -0.25) is 4.99 Å². The van der Waals surface area contributed by atoms with Gasteiger partial charge in [0, 0.05) is 6.21 Å². The van der Waals surface area contributed by atoms with Crippen LogP contribution in [0.1, 0.15) is 26.3 Å². The van der Waals surface area contributed by atoms with Crippen molar-refractivity contribution < 1.29 is 19.4 Å². The summed E-state index contributed by atoms with van der Waals surface area (Å²) in [6.07, 6.45) is 0.987. The fourth-order valence-corrected chi connectivity index (χ4v) is 1.64. The fourth-order valence-electron chi connectivity index (χ4n) is 1.23. The largest absolute Gasteiger partial charge is 0.506 e. The van der Waals surface area contributed by atoms with Crippen molar-refractivity contribution in [2.75, 3.05) is 0 Å². The summed E-state index contributed by atoms with van der Waals surface area (Å²) in [5.74, 6) is -3.12. The Bertz CT molecular complexity index is 637. The van der Waals surface area contributed by atoms with Crippen LogP contribution < -0.4 is 0 Å². The lowest BCUT2D eigenvalue weighted by atomic mass is 10.1. The number of aliphatic imine (C=N–C) groups is 1. The number of carbonyl (C=O) groups is 1. The van der Waals surface area contributed by atoms with E-state index in [2.05, 4.69) is 9.98 Å². The molecule has 21 heavy (non-hydrogen) atoms. The molecule has 2 N–H and O–H groups in total. The maximum absolute atomic E-state index is 13.4. The van der Waals surface area contributed by atoms with Crippen LogP contribution in [-0.2, 0) is 4.79 Å². The Morgan fingerprint density at radius 3 is 2.38 bits per heavy atom. The van der Waals surface area contributed by atoms with Crippen molar-refractivity contribution >= 4 is 41.1 Å². The van der Waals surface area contributed by atoms with E-state index < -0.39 is 33.8 Å². The fraction of sp³-hybridized carbons (Fsp3) is 0.308. The first kappa shape index (κ1) is 17.4. The molecule has 0 aliphatic heterocycles. The van der Waals surface area contributed by atoms with Gasteiger partial charge in [0.05, 0.1) is 11.1 Å². The molecule has 1 aromatic heterocycles. The second-order valence-corrected chi connectivity index (χ2v) is 5.81. The molecule has 1 heterocycles. The normalized spacial score (nSPS) is 13.4. The summed E-state index contributed by atoms with van der Waals surface area (Å²) >= 11 is 11.2. The third-order valence-corrected chi connectivity index (χ3v) is 2.76. The molecule has 0 spiro atoms. The Morgan fingerprint density at radius 1 is 1.33 bits per heavy atom. The van der Waals surface area contributed by atoms with E-state index in [4.69, 9.17) is 28.3 Å². The van der Waals surface area contributed by atoms with Gasteiger partial charge in [0.2, 0.25) is 0 Å². The minimum Gasteiger partial charge on any atom is -0.506 e. The minimum absolute atomic E-state index is 0.281. The van der Waals surface area contributed by atoms with Crippen molar-refractivity contribution in [3.63, 3.8) is 0 Å². The van der Waals surface area contributed by atoms with E-state index >= 15 is 0 Å². The van der Waals surface area contributed by atoms with Gasteiger partial charge in [0.15, 0.2) is 11.0 Å². The van der Waals surface area contributed by atoms with Gasteiger partial charge >= 0.3 is 5.97 Å². The number of aromatic nitrogens is 1. The van der Waals surface area contributed by atoms with Crippen molar-refractivity contribution in [1.29, 1.82) is 0 Å². The average molecular weight is 335 g/mol. The number of aliphatic hydroxyl groups is 1. The summed E-state index contributed by atoms with van der Waals surface area (Å²) < 4.78 is 13.4. The van der Waals surface area contributed by atoms with Gasteiger partial charge in [-0.25, -0.2) is 14.2 Å². The number of aliphatic hydroxyl groups excluding tert-OH is 1. The van der Waals surface area contributed by atoms with Crippen LogP contribution in [0.3, 0.4) is 0 Å². The first-order valence-electron chi connectivity index (χ1n) is 5.76. The lowest BCUT2D eigenvalue weighted by Gasteiger charge is -2.12. The number of carboxylic acids is 1. The predicted molar refractivity (Wildman–Crippen MR) is 79.6 cm³/mol. The van der Waals surface area contributed by atoms with Gasteiger partial charge in [0.25, 0.3) is 0 Å². The molecular weight excluding hydrogens is 322 g/mol. The topological polar surface area (TPSA) is 82.8 Å². The minimum atomic E-state index is -1.44. The van der Waals surface area contributed by atoms with Crippen LogP contribution in [-0.4, -0.2) is 32.9 Å². The molecule has 0 radical (unpaired) electrons. The van der Waals surface area contributed by atoms with Crippen molar-refractivity contribution in [3.05, 3.63) is 33.3 Å². The summed E-state index contributed by atoms with van der Waals surface area (Å²) in [6.45, 7) is 5.24. The van der Waals surface area contributed by atoms with Crippen LogP contribution in [0.15, 0.2) is 16.6 Å². The lowest BCUT2D eigenvalue weighted by molar-refractivity contribution is -0.132. The van der Waals surface area contributed by atoms with Gasteiger partial charge in [-0.2, -0.15) is 0 Å². The number of pyridine rings is 1. The van der Waals surface area contributed by atoms with Crippen LogP contribution in [0.25, 0.3) is 5.76 Å². The first-order valence-corrected chi connectivity index (χ1v) is 6.52. The molecule has 0 aliphatic rings. The van der Waals surface area contributed by atoms with Crippen molar-refractivity contribution in [3.8, 4) is 0 Å². The van der Waals surface area contributed by atoms with Gasteiger partial charge in [-0.05, 0) is 26.8 Å². The zero-order valence-corrected chi connectivity index (χ0v) is 13.0. The summed E-state index contributed by atoms with van der Waals surface area (Å²) in [5.41, 5.74) is -1.36. The zero-order valence-electron chi connectivity index (χ0n) is 11.5. The van der Waals surface area contributed by atoms with E-state index in [1.165, 1.54) is 0 Å². The van der Waals surface area contributed by atoms with E-state index in [-0.39, 0.29) is 10.7 Å². The predicted octanol–water partition coefficient (Wildman–Crippen LogP) is 3.75. The maximum atomic E-state index is 13.4. The van der Waals surface area contributed by atoms with Gasteiger partial charge in [0.1, 0.15) is 16.5 Å². The molecule has 5 nitrogen and oxygen atoms in total. The number of aliphatic carboxylic acids is 1. The molecule has 1 rings (SSSR count). The Balaban J connectivity index is 3.45. The molecular formula is C13H13Cl2FN2O3. The van der Waals surface area contributed by atoms with Crippen LogP contribution in [0.5, 0.6) is 0 Å². The number of nitrogens with zero attached hydrogens (tertiary/aromatic N) is 2. The molecule has 0 atom stereocenters. The highest BCUT2D eigenvalue weighted by Crippen LogP contribution is 2.26. The van der Waals surface area contributed by atoms with Gasteiger partial charge in [-0.15, -0.1) is 0 Å². The highest BCUT2D eigenvalue weighted by Gasteiger charge is 2.20. The number of hydrogen-bond acceptors (Lipinski definition) is 4. The third kappa shape index (κ3) is 4.68. The summed E-state index contributed by atoms with van der Waals surface area (Å²) in [5, 5.41) is 18.3. The number of hydrogen-bond donors (Lipinski definition) is 2. The molecule has 0 fully saturated rings. The Labute approximate surface area is 130 Å². The van der Waals surface area contributed by atoms with Crippen LogP contribution in [0, 0.1) is 5.82 Å². The molecule has 0 unspecified atom stereocenters. The zero-order chi connectivity index (χ0) is 16.4. The molecule has 0 saturated heterocycles. The van der Waals surface area contributed by atoms with E-state index in [0.29, 0.717) is 0 Å². The second kappa shape index (κ2) is 6.41. The molecule has 0 aromatic carbocycles. The number of rotatable bonds is 3. The smallest absolute Gasteiger partial charge is 0.341 e.